The summed E-state index contributed by atoms with van der Waals surface area (Å²) in [6.45, 7) is 14.1. The second-order valence-electron chi connectivity index (χ2n) is 4.35. The van der Waals surface area contributed by atoms with Crippen molar-refractivity contribution in [2.75, 3.05) is 0 Å². The Labute approximate surface area is 86.2 Å². The molecule has 0 aliphatic heterocycles. The van der Waals surface area contributed by atoms with E-state index in [2.05, 4.69) is 38.9 Å². The monoisotopic (exact) mass is 187 g/mol. The third-order valence-corrected chi connectivity index (χ3v) is 2.25. The van der Waals surface area contributed by atoms with Crippen LogP contribution in [0.4, 0.5) is 0 Å². The zero-order chi connectivity index (χ0) is 10.8. The number of pyridine rings is 1. The predicted octanol–water partition coefficient (Wildman–Crippen LogP) is 3.67. The van der Waals surface area contributed by atoms with Crippen molar-refractivity contribution in [3.63, 3.8) is 0 Å². The van der Waals surface area contributed by atoms with Crippen LogP contribution in [-0.4, -0.2) is 4.98 Å². The molecule has 74 valence electrons. The van der Waals surface area contributed by atoms with Gasteiger partial charge in [0.25, 0.3) is 0 Å². The number of aromatic nitrogens is 1. The number of nitrogens with zero attached hydrogens (tertiary/aromatic N) is 1. The average Bonchev–Trinajstić information content (AvgIpc) is 2.15. The van der Waals surface area contributed by atoms with Crippen LogP contribution >= 0.6 is 0 Å². The summed E-state index contributed by atoms with van der Waals surface area (Å²) in [7, 11) is 0. The fraction of sp³-hybridized carbons (Fsp3) is 0.308. The summed E-state index contributed by atoms with van der Waals surface area (Å²) >= 11 is 0. The number of hydrogen-bond acceptors (Lipinski definition) is 1. The van der Waals surface area contributed by atoms with Crippen molar-refractivity contribution in [2.24, 2.45) is 0 Å². The summed E-state index contributed by atoms with van der Waals surface area (Å²) in [5.74, 6) is 0. The van der Waals surface area contributed by atoms with E-state index in [0.717, 1.165) is 11.1 Å². The van der Waals surface area contributed by atoms with Crippen molar-refractivity contribution in [1.82, 2.24) is 4.98 Å². The van der Waals surface area contributed by atoms with Crippen LogP contribution in [0.1, 0.15) is 37.5 Å². The van der Waals surface area contributed by atoms with Crippen molar-refractivity contribution < 1.29 is 0 Å². The van der Waals surface area contributed by atoms with Crippen LogP contribution in [0.15, 0.2) is 25.6 Å². The molecule has 1 rings (SSSR count). The van der Waals surface area contributed by atoms with E-state index in [9.17, 15) is 0 Å². The fourth-order valence-electron chi connectivity index (χ4n) is 1.47. The minimum Gasteiger partial charge on any atom is -0.264 e. The molecule has 0 spiro atoms. The molecule has 0 N–H and O–H groups in total. The molecule has 0 aliphatic carbocycles. The van der Waals surface area contributed by atoms with Gasteiger partial charge in [-0.1, -0.05) is 46.1 Å². The van der Waals surface area contributed by atoms with E-state index < -0.39 is 0 Å². The van der Waals surface area contributed by atoms with Gasteiger partial charge in [0.1, 0.15) is 0 Å². The summed E-state index contributed by atoms with van der Waals surface area (Å²) < 4.78 is 0. The smallest absolute Gasteiger partial charge is 0.0346 e. The van der Waals surface area contributed by atoms with E-state index in [0.29, 0.717) is 0 Å². The molecule has 0 amide bonds. The van der Waals surface area contributed by atoms with Gasteiger partial charge in [-0.05, 0) is 22.1 Å². The molecule has 1 aromatic heterocycles. The summed E-state index contributed by atoms with van der Waals surface area (Å²) in [6, 6.07) is 0. The van der Waals surface area contributed by atoms with Crippen molar-refractivity contribution in [2.45, 2.75) is 26.2 Å². The van der Waals surface area contributed by atoms with Gasteiger partial charge >= 0.3 is 0 Å². The van der Waals surface area contributed by atoms with Crippen LogP contribution in [-0.2, 0) is 5.41 Å². The first-order valence-electron chi connectivity index (χ1n) is 4.74. The van der Waals surface area contributed by atoms with E-state index in [1.807, 2.05) is 24.5 Å². The molecule has 0 saturated carbocycles. The molecule has 14 heavy (non-hydrogen) atoms. The Morgan fingerprint density at radius 2 is 1.79 bits per heavy atom. The second-order valence-corrected chi connectivity index (χ2v) is 4.35. The van der Waals surface area contributed by atoms with Gasteiger partial charge in [-0.3, -0.25) is 4.98 Å². The summed E-state index contributed by atoms with van der Waals surface area (Å²) in [4.78, 5) is 4.21. The van der Waals surface area contributed by atoms with Gasteiger partial charge in [0.05, 0.1) is 0 Å². The molecule has 0 saturated heterocycles. The summed E-state index contributed by atoms with van der Waals surface area (Å²) in [5, 5.41) is 0. The van der Waals surface area contributed by atoms with Gasteiger partial charge < -0.3 is 0 Å². The standard InChI is InChI=1S/C13H17N/c1-6-10-8-14-9-12(11(10)7-2)13(3,4)5/h6-9H,1-2H2,3-5H3. The second kappa shape index (κ2) is 3.79. The predicted molar refractivity (Wildman–Crippen MR) is 63.1 cm³/mol. The third-order valence-electron chi connectivity index (χ3n) is 2.25. The van der Waals surface area contributed by atoms with Crippen LogP contribution in [0.5, 0.6) is 0 Å². The van der Waals surface area contributed by atoms with Crippen molar-refractivity contribution in [1.29, 1.82) is 0 Å². The lowest BCUT2D eigenvalue weighted by molar-refractivity contribution is 0.586. The molecule has 1 aromatic rings. The highest BCUT2D eigenvalue weighted by molar-refractivity contribution is 5.66. The first-order valence-corrected chi connectivity index (χ1v) is 4.74. The third kappa shape index (κ3) is 1.92. The molecule has 1 heterocycles. The highest BCUT2D eigenvalue weighted by Gasteiger charge is 2.18. The van der Waals surface area contributed by atoms with Gasteiger partial charge in [-0.25, -0.2) is 0 Å². The molecule has 0 aromatic carbocycles. The van der Waals surface area contributed by atoms with E-state index >= 15 is 0 Å². The number of hydrogen-bond donors (Lipinski definition) is 0. The van der Waals surface area contributed by atoms with Crippen LogP contribution in [0.3, 0.4) is 0 Å². The zero-order valence-corrected chi connectivity index (χ0v) is 9.17. The Kier molecular flexibility index (Phi) is 2.90. The minimum absolute atomic E-state index is 0.0928. The van der Waals surface area contributed by atoms with Crippen molar-refractivity contribution in [3.8, 4) is 0 Å². The minimum atomic E-state index is 0.0928. The Morgan fingerprint density at radius 3 is 2.21 bits per heavy atom. The van der Waals surface area contributed by atoms with Gasteiger partial charge in [-0.15, -0.1) is 0 Å². The highest BCUT2D eigenvalue weighted by Crippen LogP contribution is 2.28. The molecule has 0 fully saturated rings. The highest BCUT2D eigenvalue weighted by atomic mass is 14.6. The van der Waals surface area contributed by atoms with Crippen LogP contribution < -0.4 is 0 Å². The summed E-state index contributed by atoms with van der Waals surface area (Å²) in [6.07, 6.45) is 7.42. The first-order chi connectivity index (χ1) is 6.50. The van der Waals surface area contributed by atoms with Crippen LogP contribution in [0, 0.1) is 0 Å². The quantitative estimate of drug-likeness (QED) is 0.688. The molecular weight excluding hydrogens is 170 g/mol. The van der Waals surface area contributed by atoms with E-state index in [1.165, 1.54) is 5.56 Å². The molecule has 0 radical (unpaired) electrons. The van der Waals surface area contributed by atoms with E-state index in [4.69, 9.17) is 0 Å². The van der Waals surface area contributed by atoms with Crippen molar-refractivity contribution in [3.05, 3.63) is 42.2 Å². The maximum absolute atomic E-state index is 4.21. The maximum atomic E-state index is 4.21. The Morgan fingerprint density at radius 1 is 1.14 bits per heavy atom. The summed E-state index contributed by atoms with van der Waals surface area (Å²) in [5.41, 5.74) is 3.50. The molecular formula is C13H17N. The first kappa shape index (κ1) is 10.7. The van der Waals surface area contributed by atoms with E-state index in [-0.39, 0.29) is 5.41 Å². The Balaban J connectivity index is 3.44. The average molecular weight is 187 g/mol. The van der Waals surface area contributed by atoms with Crippen molar-refractivity contribution >= 4 is 12.2 Å². The van der Waals surface area contributed by atoms with Gasteiger partial charge in [-0.2, -0.15) is 0 Å². The zero-order valence-electron chi connectivity index (χ0n) is 9.17. The SMILES string of the molecule is C=Cc1cncc(C(C)(C)C)c1C=C. The lowest BCUT2D eigenvalue weighted by Crippen LogP contribution is -2.14. The molecule has 1 heteroatoms. The fourth-order valence-corrected chi connectivity index (χ4v) is 1.47. The van der Waals surface area contributed by atoms with Crippen LogP contribution in [0.2, 0.25) is 0 Å². The maximum Gasteiger partial charge on any atom is 0.0346 e. The van der Waals surface area contributed by atoms with E-state index in [1.54, 1.807) is 0 Å². The van der Waals surface area contributed by atoms with Gasteiger partial charge in [0, 0.05) is 12.4 Å². The lowest BCUT2D eigenvalue weighted by Gasteiger charge is -2.22. The Bertz CT molecular complexity index is 356. The van der Waals surface area contributed by atoms with Gasteiger partial charge in [0.15, 0.2) is 0 Å². The molecule has 0 atom stereocenters. The molecule has 0 bridgehead atoms. The van der Waals surface area contributed by atoms with Gasteiger partial charge in [0.2, 0.25) is 0 Å². The molecule has 1 nitrogen and oxygen atoms in total. The lowest BCUT2D eigenvalue weighted by atomic mass is 9.83. The molecule has 0 aliphatic rings. The topological polar surface area (TPSA) is 12.9 Å². The normalized spacial score (nSPS) is 11.1. The number of rotatable bonds is 2. The van der Waals surface area contributed by atoms with Crippen LogP contribution in [0.25, 0.3) is 12.2 Å². The largest absolute Gasteiger partial charge is 0.264 e. The molecule has 0 unspecified atom stereocenters. The Hall–Kier alpha value is -1.37.